The zero-order valence-electron chi connectivity index (χ0n) is 6.29. The summed E-state index contributed by atoms with van der Waals surface area (Å²) in [6.07, 6.45) is 0. The lowest BCUT2D eigenvalue weighted by atomic mass is 10.6. The van der Waals surface area contributed by atoms with Crippen LogP contribution in [0.2, 0.25) is 0 Å². The van der Waals surface area contributed by atoms with Gasteiger partial charge in [-0.25, -0.2) is 4.68 Å². The fraction of sp³-hybridized carbons (Fsp3) is 0.500. The van der Waals surface area contributed by atoms with Gasteiger partial charge in [0.25, 0.3) is 0 Å². The Morgan fingerprint density at radius 3 is 2.40 bits per heavy atom. The maximum absolute atomic E-state index is 4.95. The van der Waals surface area contributed by atoms with Crippen LogP contribution in [-0.4, -0.2) is 24.0 Å². The molecule has 1 rings (SSSR count). The molecule has 0 spiro atoms. The zero-order valence-corrected chi connectivity index (χ0v) is 6.29. The Hall–Kier alpha value is -1.19. The van der Waals surface area contributed by atoms with Gasteiger partial charge in [-0.3, -0.25) is 0 Å². The molecule has 0 aromatic carbocycles. The van der Waals surface area contributed by atoms with Crippen LogP contribution in [0.5, 0.6) is 11.8 Å². The lowest BCUT2D eigenvalue weighted by Gasteiger charge is -1.94. The molecule has 0 aliphatic rings. The first-order valence-corrected chi connectivity index (χ1v) is 2.90. The Labute approximate surface area is 59.4 Å². The molecule has 1 heterocycles. The summed E-state index contributed by atoms with van der Waals surface area (Å²) in [5, 5.41) is 3.97. The van der Waals surface area contributed by atoms with Crippen LogP contribution in [0.25, 0.3) is 0 Å². The first-order valence-electron chi connectivity index (χ1n) is 2.90. The third kappa shape index (κ3) is 1.05. The molecule has 4 nitrogen and oxygen atoms in total. The Morgan fingerprint density at radius 2 is 2.10 bits per heavy atom. The van der Waals surface area contributed by atoms with E-state index in [1.165, 1.54) is 0 Å². The second-order valence-electron chi connectivity index (χ2n) is 1.85. The zero-order chi connectivity index (χ0) is 7.56. The molecule has 0 saturated carbocycles. The van der Waals surface area contributed by atoms with Gasteiger partial charge in [0.15, 0.2) is 0 Å². The quantitative estimate of drug-likeness (QED) is 0.601. The lowest BCUT2D eigenvalue weighted by molar-refractivity contribution is 0.370. The summed E-state index contributed by atoms with van der Waals surface area (Å²) in [6, 6.07) is 1.72. The molecule has 56 valence electrons. The van der Waals surface area contributed by atoms with Crippen LogP contribution in [-0.2, 0) is 7.05 Å². The number of nitrogens with zero attached hydrogens (tertiary/aromatic N) is 2. The van der Waals surface area contributed by atoms with Crippen LogP contribution in [0.3, 0.4) is 0 Å². The van der Waals surface area contributed by atoms with E-state index >= 15 is 0 Å². The molecule has 0 N–H and O–H groups in total. The Balaban J connectivity index is 2.92. The molecule has 1 aromatic rings. The third-order valence-corrected chi connectivity index (χ3v) is 1.23. The number of aryl methyl sites for hydroxylation is 1. The molecule has 0 unspecified atom stereocenters. The molecule has 0 radical (unpaired) electrons. The molecule has 4 heteroatoms. The maximum atomic E-state index is 4.95. The highest BCUT2D eigenvalue weighted by molar-refractivity contribution is 5.19. The van der Waals surface area contributed by atoms with Crippen LogP contribution < -0.4 is 9.47 Å². The number of rotatable bonds is 2. The molecular weight excluding hydrogens is 132 g/mol. The largest absolute Gasteiger partial charge is 0.481 e. The van der Waals surface area contributed by atoms with Gasteiger partial charge in [0.1, 0.15) is 0 Å². The van der Waals surface area contributed by atoms with E-state index in [0.29, 0.717) is 11.8 Å². The minimum Gasteiger partial charge on any atom is -0.481 e. The summed E-state index contributed by atoms with van der Waals surface area (Å²) in [7, 11) is 4.96. The van der Waals surface area contributed by atoms with Gasteiger partial charge in [-0.15, -0.1) is 5.10 Å². The van der Waals surface area contributed by atoms with Crippen molar-refractivity contribution >= 4 is 0 Å². The van der Waals surface area contributed by atoms with Gasteiger partial charge in [-0.2, -0.15) is 0 Å². The van der Waals surface area contributed by atoms with Gasteiger partial charge < -0.3 is 9.47 Å². The van der Waals surface area contributed by atoms with Crippen LogP contribution in [0, 0.1) is 0 Å². The van der Waals surface area contributed by atoms with Crippen molar-refractivity contribution in [1.82, 2.24) is 9.78 Å². The number of hydrogen-bond acceptors (Lipinski definition) is 3. The summed E-state index contributed by atoms with van der Waals surface area (Å²) in [4.78, 5) is 0. The second-order valence-corrected chi connectivity index (χ2v) is 1.85. The first-order chi connectivity index (χ1) is 4.77. The summed E-state index contributed by atoms with van der Waals surface area (Å²) >= 11 is 0. The van der Waals surface area contributed by atoms with E-state index in [1.54, 1.807) is 32.0 Å². The second kappa shape index (κ2) is 2.60. The van der Waals surface area contributed by atoms with Gasteiger partial charge in [0.2, 0.25) is 11.8 Å². The van der Waals surface area contributed by atoms with Crippen molar-refractivity contribution in [2.75, 3.05) is 14.2 Å². The molecule has 1 aromatic heterocycles. The average Bonchev–Trinajstić information content (AvgIpc) is 2.30. The minimum atomic E-state index is 0.569. The molecule has 0 saturated heterocycles. The molecule has 0 aliphatic heterocycles. The molecule has 10 heavy (non-hydrogen) atoms. The SMILES string of the molecule is COc1cc(OC)n(C)n1. The fourth-order valence-electron chi connectivity index (χ4n) is 0.716. The van der Waals surface area contributed by atoms with E-state index in [2.05, 4.69) is 5.10 Å². The van der Waals surface area contributed by atoms with Crippen molar-refractivity contribution in [1.29, 1.82) is 0 Å². The first kappa shape index (κ1) is 6.92. The van der Waals surface area contributed by atoms with Crippen molar-refractivity contribution in [2.24, 2.45) is 7.05 Å². The predicted octanol–water partition coefficient (Wildman–Crippen LogP) is 0.437. The molecule has 0 fully saturated rings. The van der Waals surface area contributed by atoms with E-state index in [9.17, 15) is 0 Å². The topological polar surface area (TPSA) is 36.3 Å². The maximum Gasteiger partial charge on any atom is 0.236 e. The summed E-state index contributed by atoms with van der Waals surface area (Å²) in [6.45, 7) is 0. The van der Waals surface area contributed by atoms with Gasteiger partial charge in [-0.1, -0.05) is 0 Å². The Kier molecular flexibility index (Phi) is 1.80. The monoisotopic (exact) mass is 142 g/mol. The van der Waals surface area contributed by atoms with Gasteiger partial charge in [0, 0.05) is 7.05 Å². The van der Waals surface area contributed by atoms with Crippen molar-refractivity contribution in [2.45, 2.75) is 0 Å². The van der Waals surface area contributed by atoms with Crippen LogP contribution in [0.4, 0.5) is 0 Å². The van der Waals surface area contributed by atoms with Crippen molar-refractivity contribution in [3.05, 3.63) is 6.07 Å². The van der Waals surface area contributed by atoms with Gasteiger partial charge >= 0.3 is 0 Å². The van der Waals surface area contributed by atoms with E-state index in [1.807, 2.05) is 0 Å². The lowest BCUT2D eigenvalue weighted by Crippen LogP contribution is -1.94. The van der Waals surface area contributed by atoms with Crippen LogP contribution in [0.1, 0.15) is 0 Å². The van der Waals surface area contributed by atoms with E-state index < -0.39 is 0 Å². The normalized spacial score (nSPS) is 9.50. The minimum absolute atomic E-state index is 0.569. The molecule has 0 atom stereocenters. The fourth-order valence-corrected chi connectivity index (χ4v) is 0.716. The van der Waals surface area contributed by atoms with Crippen LogP contribution in [0.15, 0.2) is 6.07 Å². The van der Waals surface area contributed by atoms with Crippen LogP contribution >= 0.6 is 0 Å². The van der Waals surface area contributed by atoms with Crippen molar-refractivity contribution in [3.63, 3.8) is 0 Å². The molecule has 0 amide bonds. The highest BCUT2D eigenvalue weighted by Gasteiger charge is 2.02. The number of aromatic nitrogens is 2. The highest BCUT2D eigenvalue weighted by Crippen LogP contribution is 2.15. The third-order valence-electron chi connectivity index (χ3n) is 1.23. The summed E-state index contributed by atoms with van der Waals surface area (Å²) < 4.78 is 11.4. The molecule has 0 aliphatic carbocycles. The van der Waals surface area contributed by atoms with Gasteiger partial charge in [-0.05, 0) is 0 Å². The average molecular weight is 142 g/mol. The molecular formula is C6H10N2O2. The Bertz CT molecular complexity index is 220. The van der Waals surface area contributed by atoms with Crippen molar-refractivity contribution in [3.8, 4) is 11.8 Å². The van der Waals surface area contributed by atoms with Gasteiger partial charge in [0.05, 0.1) is 20.3 Å². The van der Waals surface area contributed by atoms with E-state index in [-0.39, 0.29) is 0 Å². The predicted molar refractivity (Wildman–Crippen MR) is 36.3 cm³/mol. The summed E-state index contributed by atoms with van der Waals surface area (Å²) in [5.41, 5.74) is 0. The highest BCUT2D eigenvalue weighted by atomic mass is 16.5. The number of hydrogen-bond donors (Lipinski definition) is 0. The van der Waals surface area contributed by atoms with E-state index in [0.717, 1.165) is 0 Å². The van der Waals surface area contributed by atoms with E-state index in [4.69, 9.17) is 9.47 Å². The Morgan fingerprint density at radius 1 is 1.40 bits per heavy atom. The smallest absolute Gasteiger partial charge is 0.236 e. The van der Waals surface area contributed by atoms with Crippen molar-refractivity contribution < 1.29 is 9.47 Å². The summed E-state index contributed by atoms with van der Waals surface area (Å²) in [5.74, 6) is 1.26. The number of methoxy groups -OCH3 is 2. The number of ether oxygens (including phenoxy) is 2. The standard InChI is InChI=1S/C6H10N2O2/c1-8-6(10-3)4-5(7-8)9-2/h4H,1-3H3. The molecule has 0 bridgehead atoms.